The van der Waals surface area contributed by atoms with Crippen molar-refractivity contribution >= 4 is 5.76 Å². The number of hydrogen-bond donors (Lipinski definition) is 3. The summed E-state index contributed by atoms with van der Waals surface area (Å²) in [5.41, 5.74) is 3.19. The van der Waals surface area contributed by atoms with Crippen LogP contribution in [0.2, 0.25) is 0 Å². The summed E-state index contributed by atoms with van der Waals surface area (Å²) in [5.74, 6) is 1.97. The lowest BCUT2D eigenvalue weighted by Crippen LogP contribution is -2.48. The van der Waals surface area contributed by atoms with Gasteiger partial charge < -0.3 is 29.7 Å². The second-order valence-corrected chi connectivity index (χ2v) is 6.59. The summed E-state index contributed by atoms with van der Waals surface area (Å²) >= 11 is 0. The third-order valence-corrected chi connectivity index (χ3v) is 5.17. The number of aliphatic hydroxyl groups is 2. The van der Waals surface area contributed by atoms with Crippen molar-refractivity contribution in [3.8, 4) is 11.5 Å². The standard InChI is InChI=1S/C18H23NO5/c1-22-13-7-9-5-6-19-16-14(9)15(18(13)23-2)12-4-3-10(20)8-11(21)17(16)24-12/h4,7,10-11,16-17,19-21H,3,5-6,8H2,1-2H3/t10-,11+,16+,17+/m0/s1. The molecule has 1 aromatic rings. The Hall–Kier alpha value is -1.76. The molecule has 0 fully saturated rings. The van der Waals surface area contributed by atoms with E-state index >= 15 is 0 Å². The Morgan fingerprint density at radius 1 is 1.25 bits per heavy atom. The second kappa shape index (κ2) is 5.95. The lowest BCUT2D eigenvalue weighted by atomic mass is 9.80. The minimum Gasteiger partial charge on any atom is -0.493 e. The normalized spacial score (nSPS) is 31.1. The fourth-order valence-electron chi connectivity index (χ4n) is 4.09. The Kier molecular flexibility index (Phi) is 3.90. The van der Waals surface area contributed by atoms with E-state index in [4.69, 9.17) is 14.2 Å². The molecule has 0 aliphatic carbocycles. The van der Waals surface area contributed by atoms with Crippen LogP contribution in [0.1, 0.15) is 35.6 Å². The molecule has 6 nitrogen and oxygen atoms in total. The maximum Gasteiger partial charge on any atom is 0.172 e. The van der Waals surface area contributed by atoms with Gasteiger partial charge in [-0.25, -0.2) is 0 Å². The number of aliphatic hydroxyl groups excluding tert-OH is 2. The SMILES string of the molecule is COc1cc2c3c(c1OC)C1=CC[C@H](O)C[C@@H](O)[C@@H](O1)[C@@H]3NCC2. The number of methoxy groups -OCH3 is 2. The number of hydrogen-bond acceptors (Lipinski definition) is 6. The first-order chi connectivity index (χ1) is 11.6. The summed E-state index contributed by atoms with van der Waals surface area (Å²) in [6.45, 7) is 0.806. The molecule has 0 saturated heterocycles. The molecule has 0 aromatic heterocycles. The van der Waals surface area contributed by atoms with E-state index in [-0.39, 0.29) is 6.04 Å². The summed E-state index contributed by atoms with van der Waals surface area (Å²) in [6.07, 6.45) is 1.80. The Labute approximate surface area is 141 Å². The Bertz CT molecular complexity index is 686. The van der Waals surface area contributed by atoms with Gasteiger partial charge >= 0.3 is 0 Å². The molecular weight excluding hydrogens is 310 g/mol. The molecule has 0 radical (unpaired) electrons. The highest BCUT2D eigenvalue weighted by atomic mass is 16.5. The molecular formula is C18H23NO5. The van der Waals surface area contributed by atoms with Crippen LogP contribution in [0, 0.1) is 0 Å². The molecule has 3 aliphatic rings. The minimum absolute atomic E-state index is 0.124. The Morgan fingerprint density at radius 2 is 2.08 bits per heavy atom. The summed E-state index contributed by atoms with van der Waals surface area (Å²) < 4.78 is 17.3. The second-order valence-electron chi connectivity index (χ2n) is 6.59. The molecule has 6 heteroatoms. The van der Waals surface area contributed by atoms with Gasteiger partial charge in [-0.3, -0.25) is 0 Å². The molecule has 0 saturated carbocycles. The fourth-order valence-corrected chi connectivity index (χ4v) is 4.09. The smallest absolute Gasteiger partial charge is 0.172 e. The highest BCUT2D eigenvalue weighted by Crippen LogP contribution is 2.50. The van der Waals surface area contributed by atoms with Gasteiger partial charge in [-0.05, 0) is 42.7 Å². The van der Waals surface area contributed by atoms with E-state index in [0.717, 1.165) is 24.1 Å². The van der Waals surface area contributed by atoms with Gasteiger partial charge in [0.05, 0.1) is 38.0 Å². The van der Waals surface area contributed by atoms with Crippen LogP contribution in [0.25, 0.3) is 5.76 Å². The third kappa shape index (κ3) is 2.29. The predicted octanol–water partition coefficient (Wildman–Crippen LogP) is 1.15. The number of fused-ring (bicyclic) bond motifs is 4. The number of rotatable bonds is 2. The molecule has 3 heterocycles. The van der Waals surface area contributed by atoms with E-state index in [9.17, 15) is 10.2 Å². The zero-order valence-corrected chi connectivity index (χ0v) is 13.9. The zero-order chi connectivity index (χ0) is 16.8. The third-order valence-electron chi connectivity index (χ3n) is 5.17. The van der Waals surface area contributed by atoms with Crippen LogP contribution in [0.5, 0.6) is 11.5 Å². The van der Waals surface area contributed by atoms with Crippen LogP contribution in [0.15, 0.2) is 12.1 Å². The van der Waals surface area contributed by atoms with Crippen LogP contribution >= 0.6 is 0 Å². The molecule has 2 bridgehead atoms. The quantitative estimate of drug-likeness (QED) is 0.753. The molecule has 0 spiro atoms. The molecule has 130 valence electrons. The molecule has 1 aromatic carbocycles. The lowest BCUT2D eigenvalue weighted by Gasteiger charge is -2.43. The van der Waals surface area contributed by atoms with Gasteiger partial charge in [-0.15, -0.1) is 0 Å². The predicted molar refractivity (Wildman–Crippen MR) is 88.1 cm³/mol. The fraction of sp³-hybridized carbons (Fsp3) is 0.556. The van der Waals surface area contributed by atoms with E-state index in [2.05, 4.69) is 5.32 Å². The summed E-state index contributed by atoms with van der Waals surface area (Å²) in [7, 11) is 3.24. The van der Waals surface area contributed by atoms with Crippen molar-refractivity contribution < 1.29 is 24.4 Å². The van der Waals surface area contributed by atoms with Gasteiger partial charge in [-0.2, -0.15) is 0 Å². The highest BCUT2D eigenvalue weighted by molar-refractivity contribution is 5.76. The van der Waals surface area contributed by atoms with Crippen molar-refractivity contribution in [1.29, 1.82) is 0 Å². The van der Waals surface area contributed by atoms with Gasteiger partial charge in [0.15, 0.2) is 11.5 Å². The van der Waals surface area contributed by atoms with Crippen molar-refractivity contribution in [2.24, 2.45) is 0 Å². The number of nitrogens with one attached hydrogen (secondary N) is 1. The van der Waals surface area contributed by atoms with E-state index < -0.39 is 18.3 Å². The first-order valence-electron chi connectivity index (χ1n) is 8.38. The van der Waals surface area contributed by atoms with Gasteiger partial charge in [0.2, 0.25) is 0 Å². The van der Waals surface area contributed by atoms with Gasteiger partial charge in [-0.1, -0.05) is 0 Å². The maximum absolute atomic E-state index is 10.6. The van der Waals surface area contributed by atoms with E-state index in [1.54, 1.807) is 14.2 Å². The molecule has 0 amide bonds. The largest absolute Gasteiger partial charge is 0.493 e. The van der Waals surface area contributed by atoms with Crippen LogP contribution < -0.4 is 14.8 Å². The van der Waals surface area contributed by atoms with Gasteiger partial charge in [0.1, 0.15) is 11.9 Å². The summed E-state index contributed by atoms with van der Waals surface area (Å²) in [4.78, 5) is 0. The molecule has 4 atom stereocenters. The van der Waals surface area contributed by atoms with E-state index in [1.165, 1.54) is 5.56 Å². The lowest BCUT2D eigenvalue weighted by molar-refractivity contribution is -0.0393. The Balaban J connectivity index is 1.98. The average Bonchev–Trinajstić information content (AvgIpc) is 2.59. The molecule has 3 aliphatic heterocycles. The van der Waals surface area contributed by atoms with Crippen molar-refractivity contribution in [3.63, 3.8) is 0 Å². The molecule has 0 unspecified atom stereocenters. The maximum atomic E-state index is 10.6. The van der Waals surface area contributed by atoms with Crippen LogP contribution in [0.3, 0.4) is 0 Å². The summed E-state index contributed by atoms with van der Waals surface area (Å²) in [6, 6.07) is 1.90. The van der Waals surface area contributed by atoms with Crippen LogP contribution in [-0.2, 0) is 11.2 Å². The Morgan fingerprint density at radius 3 is 2.83 bits per heavy atom. The monoisotopic (exact) mass is 333 g/mol. The van der Waals surface area contributed by atoms with E-state index in [1.807, 2.05) is 12.1 Å². The zero-order valence-electron chi connectivity index (χ0n) is 13.9. The summed E-state index contributed by atoms with van der Waals surface area (Å²) in [5, 5.41) is 24.1. The minimum atomic E-state index is -0.728. The van der Waals surface area contributed by atoms with Crippen molar-refractivity contribution in [2.45, 2.75) is 43.6 Å². The van der Waals surface area contributed by atoms with Crippen LogP contribution in [-0.4, -0.2) is 49.3 Å². The first-order valence-corrected chi connectivity index (χ1v) is 8.38. The van der Waals surface area contributed by atoms with Gasteiger partial charge in [0, 0.05) is 6.42 Å². The van der Waals surface area contributed by atoms with Gasteiger partial charge in [0.25, 0.3) is 0 Å². The first kappa shape index (κ1) is 15.7. The van der Waals surface area contributed by atoms with Crippen molar-refractivity contribution in [2.75, 3.05) is 20.8 Å². The number of ether oxygens (including phenoxy) is 3. The van der Waals surface area contributed by atoms with Crippen LogP contribution in [0.4, 0.5) is 0 Å². The number of benzene rings is 1. The molecule has 4 rings (SSSR count). The highest BCUT2D eigenvalue weighted by Gasteiger charge is 2.44. The van der Waals surface area contributed by atoms with E-state index in [0.29, 0.717) is 30.1 Å². The molecule has 24 heavy (non-hydrogen) atoms. The topological polar surface area (TPSA) is 80.2 Å². The average molecular weight is 333 g/mol. The van der Waals surface area contributed by atoms with Crippen molar-refractivity contribution in [1.82, 2.24) is 5.32 Å². The molecule has 3 N–H and O–H groups in total. The van der Waals surface area contributed by atoms with Crippen molar-refractivity contribution in [3.05, 3.63) is 28.8 Å².